The molecule has 1 aromatic rings. The maximum absolute atomic E-state index is 6.30. The van der Waals surface area contributed by atoms with Crippen LogP contribution < -0.4 is 10.1 Å². The number of ether oxygens (including phenoxy) is 2. The van der Waals surface area contributed by atoms with Gasteiger partial charge < -0.3 is 14.8 Å². The summed E-state index contributed by atoms with van der Waals surface area (Å²) in [5.74, 6) is 0.851. The molecule has 0 bridgehead atoms. The summed E-state index contributed by atoms with van der Waals surface area (Å²) in [6, 6.07) is 6.67. The van der Waals surface area contributed by atoms with Crippen LogP contribution in [-0.2, 0) is 11.3 Å². The molecule has 1 aliphatic heterocycles. The normalized spacial score (nSPS) is 20.5. The summed E-state index contributed by atoms with van der Waals surface area (Å²) in [5, 5.41) is 4.22. The SMILES string of the molecule is Clc1cccc(CNC2CC2)c1OC1CCOCC1. The lowest BCUT2D eigenvalue weighted by atomic mass is 10.1. The van der Waals surface area contributed by atoms with E-state index in [1.54, 1.807) is 0 Å². The van der Waals surface area contributed by atoms with E-state index >= 15 is 0 Å². The van der Waals surface area contributed by atoms with E-state index in [1.165, 1.54) is 12.8 Å². The van der Waals surface area contributed by atoms with Crippen molar-refractivity contribution in [2.75, 3.05) is 13.2 Å². The van der Waals surface area contributed by atoms with Crippen LogP contribution >= 0.6 is 11.6 Å². The second kappa shape index (κ2) is 6.12. The van der Waals surface area contributed by atoms with Crippen LogP contribution in [0.1, 0.15) is 31.2 Å². The van der Waals surface area contributed by atoms with Gasteiger partial charge in [0.15, 0.2) is 0 Å². The molecule has 1 N–H and O–H groups in total. The Morgan fingerprint density at radius 1 is 1.21 bits per heavy atom. The highest BCUT2D eigenvalue weighted by Crippen LogP contribution is 2.31. The van der Waals surface area contributed by atoms with Crippen molar-refractivity contribution in [2.24, 2.45) is 0 Å². The van der Waals surface area contributed by atoms with E-state index in [4.69, 9.17) is 21.1 Å². The lowest BCUT2D eigenvalue weighted by molar-refractivity contribution is 0.0252. The lowest BCUT2D eigenvalue weighted by Crippen LogP contribution is -2.27. The average molecular weight is 282 g/mol. The van der Waals surface area contributed by atoms with Crippen LogP contribution in [0.4, 0.5) is 0 Å². The van der Waals surface area contributed by atoms with E-state index in [2.05, 4.69) is 11.4 Å². The first-order valence-electron chi connectivity index (χ1n) is 7.08. The molecular weight excluding hydrogens is 262 g/mol. The van der Waals surface area contributed by atoms with Crippen LogP contribution in [0.2, 0.25) is 5.02 Å². The predicted octanol–water partition coefficient (Wildman–Crippen LogP) is 3.15. The first kappa shape index (κ1) is 13.2. The van der Waals surface area contributed by atoms with Gasteiger partial charge >= 0.3 is 0 Å². The fourth-order valence-electron chi connectivity index (χ4n) is 2.33. The molecular formula is C15H20ClNO2. The molecule has 3 nitrogen and oxygen atoms in total. The molecule has 1 saturated carbocycles. The van der Waals surface area contributed by atoms with Crippen LogP contribution in [0, 0.1) is 0 Å². The van der Waals surface area contributed by atoms with Crippen molar-refractivity contribution < 1.29 is 9.47 Å². The van der Waals surface area contributed by atoms with Crippen molar-refractivity contribution >= 4 is 11.6 Å². The van der Waals surface area contributed by atoms with E-state index in [0.29, 0.717) is 11.1 Å². The van der Waals surface area contributed by atoms with Crippen molar-refractivity contribution in [2.45, 2.75) is 44.4 Å². The summed E-state index contributed by atoms with van der Waals surface area (Å²) >= 11 is 6.30. The summed E-state index contributed by atoms with van der Waals surface area (Å²) in [6.45, 7) is 2.40. The highest BCUT2D eigenvalue weighted by molar-refractivity contribution is 6.32. The van der Waals surface area contributed by atoms with Gasteiger partial charge in [-0.3, -0.25) is 0 Å². The van der Waals surface area contributed by atoms with Crippen LogP contribution in [0.25, 0.3) is 0 Å². The number of hydrogen-bond donors (Lipinski definition) is 1. The molecule has 1 aromatic carbocycles. The molecule has 0 radical (unpaired) electrons. The minimum absolute atomic E-state index is 0.230. The second-order valence-corrected chi connectivity index (χ2v) is 5.72. The molecule has 4 heteroatoms. The van der Waals surface area contributed by atoms with Gasteiger partial charge in [-0.1, -0.05) is 23.7 Å². The Balaban J connectivity index is 1.69. The number of hydrogen-bond acceptors (Lipinski definition) is 3. The first-order valence-corrected chi connectivity index (χ1v) is 7.46. The van der Waals surface area contributed by atoms with Crippen molar-refractivity contribution in [3.8, 4) is 5.75 Å². The van der Waals surface area contributed by atoms with Crippen molar-refractivity contribution in [3.63, 3.8) is 0 Å². The molecule has 3 rings (SSSR count). The minimum atomic E-state index is 0.230. The third-order valence-corrected chi connectivity index (χ3v) is 3.96. The van der Waals surface area contributed by atoms with E-state index in [9.17, 15) is 0 Å². The zero-order valence-electron chi connectivity index (χ0n) is 11.0. The average Bonchev–Trinajstić information content (AvgIpc) is 3.25. The molecule has 2 fully saturated rings. The summed E-state index contributed by atoms with van der Waals surface area (Å²) < 4.78 is 11.5. The molecule has 0 spiro atoms. The number of halogens is 1. The van der Waals surface area contributed by atoms with E-state index in [-0.39, 0.29) is 6.10 Å². The highest BCUT2D eigenvalue weighted by atomic mass is 35.5. The Morgan fingerprint density at radius 2 is 2.00 bits per heavy atom. The minimum Gasteiger partial charge on any atom is -0.488 e. The van der Waals surface area contributed by atoms with E-state index in [0.717, 1.165) is 43.9 Å². The van der Waals surface area contributed by atoms with Crippen LogP contribution in [-0.4, -0.2) is 25.4 Å². The fraction of sp³-hybridized carbons (Fsp3) is 0.600. The molecule has 0 atom stereocenters. The van der Waals surface area contributed by atoms with Crippen LogP contribution in [0.3, 0.4) is 0 Å². The summed E-state index contributed by atoms with van der Waals surface area (Å²) in [7, 11) is 0. The molecule has 2 aliphatic rings. The third kappa shape index (κ3) is 3.62. The Hall–Kier alpha value is -0.770. The smallest absolute Gasteiger partial charge is 0.142 e. The molecule has 104 valence electrons. The van der Waals surface area contributed by atoms with Gasteiger partial charge in [0, 0.05) is 31.0 Å². The van der Waals surface area contributed by atoms with Gasteiger partial charge in [-0.15, -0.1) is 0 Å². The van der Waals surface area contributed by atoms with Gasteiger partial charge in [-0.25, -0.2) is 0 Å². The summed E-state index contributed by atoms with van der Waals surface area (Å²) in [4.78, 5) is 0. The molecule has 19 heavy (non-hydrogen) atoms. The van der Waals surface area contributed by atoms with Gasteiger partial charge in [-0.2, -0.15) is 0 Å². The van der Waals surface area contributed by atoms with Crippen molar-refractivity contribution in [1.82, 2.24) is 5.32 Å². The molecule has 0 unspecified atom stereocenters. The third-order valence-electron chi connectivity index (χ3n) is 3.66. The van der Waals surface area contributed by atoms with E-state index < -0.39 is 0 Å². The van der Waals surface area contributed by atoms with Gasteiger partial charge in [-0.05, 0) is 18.9 Å². The summed E-state index contributed by atoms with van der Waals surface area (Å²) in [5.41, 5.74) is 1.16. The second-order valence-electron chi connectivity index (χ2n) is 5.31. The quantitative estimate of drug-likeness (QED) is 0.899. The summed E-state index contributed by atoms with van der Waals surface area (Å²) in [6.07, 6.45) is 4.70. The van der Waals surface area contributed by atoms with Crippen molar-refractivity contribution in [1.29, 1.82) is 0 Å². The standard InChI is InChI=1S/C15H20ClNO2/c16-14-3-1-2-11(10-17-12-4-5-12)15(14)19-13-6-8-18-9-7-13/h1-3,12-13,17H,4-10H2. The Kier molecular flexibility index (Phi) is 4.26. The predicted molar refractivity (Wildman–Crippen MR) is 75.8 cm³/mol. The topological polar surface area (TPSA) is 30.5 Å². The molecule has 1 heterocycles. The molecule has 0 aromatic heterocycles. The van der Waals surface area contributed by atoms with Crippen LogP contribution in [0.5, 0.6) is 5.75 Å². The zero-order chi connectivity index (χ0) is 13.1. The fourth-order valence-corrected chi connectivity index (χ4v) is 2.57. The molecule has 1 saturated heterocycles. The molecule has 1 aliphatic carbocycles. The largest absolute Gasteiger partial charge is 0.488 e. The number of benzene rings is 1. The first-order chi connectivity index (χ1) is 9.33. The highest BCUT2D eigenvalue weighted by Gasteiger charge is 2.22. The lowest BCUT2D eigenvalue weighted by Gasteiger charge is -2.25. The number of para-hydroxylation sites is 1. The monoisotopic (exact) mass is 281 g/mol. The van der Waals surface area contributed by atoms with E-state index in [1.807, 2.05) is 12.1 Å². The zero-order valence-corrected chi connectivity index (χ0v) is 11.8. The Morgan fingerprint density at radius 3 is 2.74 bits per heavy atom. The van der Waals surface area contributed by atoms with Gasteiger partial charge in [0.1, 0.15) is 11.9 Å². The van der Waals surface area contributed by atoms with Gasteiger partial charge in [0.25, 0.3) is 0 Å². The van der Waals surface area contributed by atoms with Crippen LogP contribution in [0.15, 0.2) is 18.2 Å². The Bertz CT molecular complexity index is 428. The number of rotatable bonds is 5. The molecule has 0 amide bonds. The van der Waals surface area contributed by atoms with Crippen molar-refractivity contribution in [3.05, 3.63) is 28.8 Å². The maximum Gasteiger partial charge on any atom is 0.142 e. The van der Waals surface area contributed by atoms with Gasteiger partial charge in [0.2, 0.25) is 0 Å². The Labute approximate surface area is 119 Å². The van der Waals surface area contributed by atoms with Gasteiger partial charge in [0.05, 0.1) is 18.2 Å². The number of nitrogens with one attached hydrogen (secondary N) is 1. The maximum atomic E-state index is 6.30.